The van der Waals surface area contributed by atoms with E-state index >= 15 is 0 Å². The molecule has 0 aromatic carbocycles. The average Bonchev–Trinajstić information content (AvgIpc) is 1.73. The summed E-state index contributed by atoms with van der Waals surface area (Å²) in [5.74, 6) is 8.00. The summed E-state index contributed by atoms with van der Waals surface area (Å²) in [4.78, 5) is 0. The number of nitrogens with one attached hydrogen (secondary N) is 1. The third-order valence-corrected chi connectivity index (χ3v) is 0.418. The molecule has 0 aliphatic rings. The highest BCUT2D eigenvalue weighted by molar-refractivity contribution is 4.28. The molecule has 4 nitrogen and oxygen atoms in total. The minimum atomic E-state index is -0.366. The first-order valence-corrected chi connectivity index (χ1v) is 1.96. The Hall–Kier alpha value is -0.160. The van der Waals surface area contributed by atoms with Gasteiger partial charge < -0.3 is 5.11 Å². The molecule has 4 heteroatoms. The fraction of sp³-hybridized carbons (Fsp3) is 1.00. The molecule has 0 saturated heterocycles. The van der Waals surface area contributed by atoms with E-state index in [4.69, 9.17) is 5.11 Å². The molecule has 1 unspecified atom stereocenters. The molecule has 0 heterocycles. The fourth-order valence-electron chi connectivity index (χ4n) is 0. The number of aliphatic hydroxyl groups is 1. The van der Waals surface area contributed by atoms with Crippen molar-refractivity contribution < 1.29 is 5.11 Å². The summed E-state index contributed by atoms with van der Waals surface area (Å²) in [5, 5.41) is 10.8. The van der Waals surface area contributed by atoms with Crippen molar-refractivity contribution in [3.8, 4) is 0 Å². The van der Waals surface area contributed by atoms with E-state index in [1.165, 1.54) is 0 Å². The second-order valence-corrected chi connectivity index (χ2v) is 0.965. The van der Waals surface area contributed by atoms with Crippen molar-refractivity contribution in [2.45, 2.75) is 13.2 Å². The van der Waals surface area contributed by atoms with Crippen LogP contribution >= 0.6 is 0 Å². The minimum Gasteiger partial charge on any atom is -0.379 e. The zero-order valence-electron chi connectivity index (χ0n) is 4.68. The van der Waals surface area contributed by atoms with E-state index in [0.717, 1.165) is 0 Å². The molecular formula is C3H13N3O. The molecule has 0 fully saturated rings. The van der Waals surface area contributed by atoms with Crippen LogP contribution in [0.2, 0.25) is 0 Å². The van der Waals surface area contributed by atoms with E-state index in [-0.39, 0.29) is 6.23 Å². The number of nitrogens with two attached hydrogens (primary N) is 2. The monoisotopic (exact) mass is 107 g/mol. The molecule has 0 rings (SSSR count). The maximum atomic E-state index is 8.25. The van der Waals surface area contributed by atoms with Crippen LogP contribution in [0.5, 0.6) is 0 Å². The zero-order valence-corrected chi connectivity index (χ0v) is 4.68. The molecule has 1 atom stereocenters. The second kappa shape index (κ2) is 9.28. The molecule has 7 heavy (non-hydrogen) atoms. The van der Waals surface area contributed by atoms with Gasteiger partial charge in [-0.05, 0) is 14.0 Å². The SMILES string of the molecule is CNC(C)O.NN. The number of hydrogen-bond acceptors (Lipinski definition) is 4. The van der Waals surface area contributed by atoms with Gasteiger partial charge in [-0.3, -0.25) is 17.0 Å². The highest BCUT2D eigenvalue weighted by Crippen LogP contribution is 1.59. The van der Waals surface area contributed by atoms with Crippen LogP contribution in [0.4, 0.5) is 0 Å². The van der Waals surface area contributed by atoms with Gasteiger partial charge in [-0.2, -0.15) is 0 Å². The Bertz CT molecular complexity index is 24.1. The van der Waals surface area contributed by atoms with E-state index in [0.29, 0.717) is 0 Å². The van der Waals surface area contributed by atoms with Crippen molar-refractivity contribution in [3.05, 3.63) is 0 Å². The van der Waals surface area contributed by atoms with Gasteiger partial charge in [0.1, 0.15) is 6.23 Å². The first-order chi connectivity index (χ1) is 3.27. The summed E-state index contributed by atoms with van der Waals surface area (Å²) in [6.07, 6.45) is -0.366. The first-order valence-electron chi connectivity index (χ1n) is 1.96. The zero-order chi connectivity index (χ0) is 6.28. The lowest BCUT2D eigenvalue weighted by Gasteiger charge is -1.94. The Labute approximate surface area is 43.5 Å². The van der Waals surface area contributed by atoms with Crippen LogP contribution in [-0.2, 0) is 0 Å². The van der Waals surface area contributed by atoms with Crippen LogP contribution in [0.3, 0.4) is 0 Å². The quantitative estimate of drug-likeness (QED) is 0.184. The standard InChI is InChI=1S/C3H9NO.H4N2/c1-3(5)4-2;1-2/h3-5H,1-2H3;1-2H2. The third-order valence-electron chi connectivity index (χ3n) is 0.418. The molecule has 46 valence electrons. The Morgan fingerprint density at radius 3 is 1.71 bits per heavy atom. The van der Waals surface area contributed by atoms with Crippen molar-refractivity contribution >= 4 is 0 Å². The molecule has 0 radical (unpaired) electrons. The summed E-state index contributed by atoms with van der Waals surface area (Å²) in [6.45, 7) is 1.67. The topological polar surface area (TPSA) is 84.3 Å². The van der Waals surface area contributed by atoms with Crippen LogP contribution in [-0.4, -0.2) is 18.4 Å². The maximum absolute atomic E-state index is 8.25. The summed E-state index contributed by atoms with van der Waals surface area (Å²) in [5.41, 5.74) is 0. The lowest BCUT2D eigenvalue weighted by molar-refractivity contribution is 0.167. The van der Waals surface area contributed by atoms with Gasteiger partial charge in [-0.25, -0.2) is 0 Å². The molecule has 0 aromatic rings. The second-order valence-electron chi connectivity index (χ2n) is 0.965. The molecule has 0 saturated carbocycles. The van der Waals surface area contributed by atoms with Crippen molar-refractivity contribution in [2.75, 3.05) is 7.05 Å². The van der Waals surface area contributed by atoms with E-state index in [1.807, 2.05) is 0 Å². The van der Waals surface area contributed by atoms with Gasteiger partial charge in [-0.1, -0.05) is 0 Å². The predicted molar refractivity (Wildman–Crippen MR) is 29.1 cm³/mol. The molecule has 0 aliphatic heterocycles. The summed E-state index contributed by atoms with van der Waals surface area (Å²) in [7, 11) is 1.70. The van der Waals surface area contributed by atoms with Crippen molar-refractivity contribution in [1.82, 2.24) is 5.32 Å². The number of hydrazine groups is 1. The summed E-state index contributed by atoms with van der Waals surface area (Å²) < 4.78 is 0. The average molecular weight is 107 g/mol. The van der Waals surface area contributed by atoms with E-state index in [9.17, 15) is 0 Å². The summed E-state index contributed by atoms with van der Waals surface area (Å²) in [6, 6.07) is 0. The molecule has 0 spiro atoms. The maximum Gasteiger partial charge on any atom is 0.101 e. The Morgan fingerprint density at radius 1 is 1.57 bits per heavy atom. The van der Waals surface area contributed by atoms with Crippen LogP contribution in [0.25, 0.3) is 0 Å². The molecule has 0 bridgehead atoms. The molecule has 0 aromatic heterocycles. The predicted octanol–water partition coefficient (Wildman–Crippen LogP) is -1.64. The molecular weight excluding hydrogens is 94.1 g/mol. The summed E-state index contributed by atoms with van der Waals surface area (Å²) >= 11 is 0. The van der Waals surface area contributed by atoms with Gasteiger partial charge in [0.2, 0.25) is 0 Å². The molecule has 0 aliphatic carbocycles. The van der Waals surface area contributed by atoms with E-state index < -0.39 is 0 Å². The van der Waals surface area contributed by atoms with Gasteiger partial charge in [-0.15, -0.1) is 0 Å². The number of hydrogen-bond donors (Lipinski definition) is 4. The van der Waals surface area contributed by atoms with Crippen LogP contribution < -0.4 is 17.0 Å². The Morgan fingerprint density at radius 2 is 1.71 bits per heavy atom. The Balaban J connectivity index is 0. The molecule has 6 N–H and O–H groups in total. The van der Waals surface area contributed by atoms with Gasteiger partial charge in [0.15, 0.2) is 0 Å². The van der Waals surface area contributed by atoms with E-state index in [1.54, 1.807) is 14.0 Å². The van der Waals surface area contributed by atoms with Crippen molar-refractivity contribution in [1.29, 1.82) is 0 Å². The van der Waals surface area contributed by atoms with Gasteiger partial charge in [0.05, 0.1) is 0 Å². The Kier molecular flexibility index (Phi) is 13.2. The highest BCUT2D eigenvalue weighted by Gasteiger charge is 1.78. The van der Waals surface area contributed by atoms with Crippen LogP contribution in [0.15, 0.2) is 0 Å². The van der Waals surface area contributed by atoms with E-state index in [2.05, 4.69) is 17.0 Å². The van der Waals surface area contributed by atoms with Crippen LogP contribution in [0.1, 0.15) is 6.92 Å². The fourth-order valence-corrected chi connectivity index (χ4v) is 0. The van der Waals surface area contributed by atoms with Gasteiger partial charge >= 0.3 is 0 Å². The third kappa shape index (κ3) is 25.4. The van der Waals surface area contributed by atoms with Crippen molar-refractivity contribution in [2.24, 2.45) is 11.7 Å². The normalized spacial score (nSPS) is 11.6. The van der Waals surface area contributed by atoms with Crippen molar-refractivity contribution in [3.63, 3.8) is 0 Å². The van der Waals surface area contributed by atoms with Gasteiger partial charge in [0, 0.05) is 0 Å². The number of aliphatic hydroxyl groups excluding tert-OH is 1. The largest absolute Gasteiger partial charge is 0.379 e. The smallest absolute Gasteiger partial charge is 0.101 e. The van der Waals surface area contributed by atoms with Crippen LogP contribution in [0, 0.1) is 0 Å². The molecule has 0 amide bonds. The van der Waals surface area contributed by atoms with Gasteiger partial charge in [0.25, 0.3) is 0 Å². The number of rotatable bonds is 1. The lowest BCUT2D eigenvalue weighted by Crippen LogP contribution is -2.19. The first kappa shape index (κ1) is 9.96. The highest BCUT2D eigenvalue weighted by atomic mass is 16.3. The lowest BCUT2D eigenvalue weighted by atomic mass is 10.7. The minimum absolute atomic E-state index is 0.366.